The summed E-state index contributed by atoms with van der Waals surface area (Å²) in [5.74, 6) is 2.39. The fraction of sp³-hybridized carbons (Fsp3) is 0.238. The van der Waals surface area contributed by atoms with E-state index in [0.29, 0.717) is 13.3 Å². The average molecular weight is 522 g/mol. The van der Waals surface area contributed by atoms with Crippen molar-refractivity contribution in [2.24, 2.45) is 4.99 Å². The Labute approximate surface area is 191 Å². The van der Waals surface area contributed by atoms with E-state index in [1.807, 2.05) is 30.3 Å². The third-order valence-corrected chi connectivity index (χ3v) is 5.32. The molecule has 2 aromatic carbocycles. The summed E-state index contributed by atoms with van der Waals surface area (Å²) in [5, 5.41) is 9.76. The maximum Gasteiger partial charge on any atom is 0.231 e. The molecule has 2 heterocycles. The summed E-state index contributed by atoms with van der Waals surface area (Å²) in [6.07, 6.45) is 0.867. The Hall–Kier alpha value is -2.33. The van der Waals surface area contributed by atoms with Crippen molar-refractivity contribution in [2.45, 2.75) is 13.0 Å². The van der Waals surface area contributed by atoms with Crippen LogP contribution in [0.5, 0.6) is 11.5 Å². The van der Waals surface area contributed by atoms with E-state index in [1.165, 1.54) is 5.56 Å². The number of hydrogen-bond donors (Lipinski definition) is 2. The lowest BCUT2D eigenvalue weighted by molar-refractivity contribution is 0.174. The number of fused-ring (bicyclic) bond motifs is 1. The standard InChI is InChI=1S/C21H22N4O2S.HI/c1-22-21(23-10-9-15-7-8-18-19(11-15)27-14-26-18)24-12-17-13-28-20(25-17)16-5-3-2-4-6-16;/h2-8,11,13H,9-10,12,14H2,1H3,(H2,22,23,24);1H. The van der Waals surface area contributed by atoms with Crippen LogP contribution >= 0.6 is 35.3 Å². The molecule has 1 aliphatic rings. The topological polar surface area (TPSA) is 67.8 Å². The van der Waals surface area contributed by atoms with Crippen molar-refractivity contribution in [2.75, 3.05) is 20.4 Å². The number of guanidine groups is 1. The monoisotopic (exact) mass is 522 g/mol. The van der Waals surface area contributed by atoms with Crippen LogP contribution in [0.25, 0.3) is 10.6 Å². The number of nitrogens with one attached hydrogen (secondary N) is 2. The molecule has 0 saturated heterocycles. The minimum Gasteiger partial charge on any atom is -0.454 e. The van der Waals surface area contributed by atoms with Gasteiger partial charge < -0.3 is 20.1 Å². The summed E-state index contributed by atoms with van der Waals surface area (Å²) in [5.41, 5.74) is 3.34. The van der Waals surface area contributed by atoms with Gasteiger partial charge in [-0.1, -0.05) is 36.4 Å². The summed E-state index contributed by atoms with van der Waals surface area (Å²) in [4.78, 5) is 8.98. The van der Waals surface area contributed by atoms with Crippen LogP contribution < -0.4 is 20.1 Å². The first-order valence-electron chi connectivity index (χ1n) is 9.15. The Kier molecular flexibility index (Phi) is 7.70. The molecule has 0 spiro atoms. The van der Waals surface area contributed by atoms with Crippen molar-refractivity contribution in [1.82, 2.24) is 15.6 Å². The minimum absolute atomic E-state index is 0. The Morgan fingerprint density at radius 3 is 2.76 bits per heavy atom. The average Bonchev–Trinajstić information content (AvgIpc) is 3.40. The van der Waals surface area contributed by atoms with Gasteiger partial charge in [0, 0.05) is 24.5 Å². The second-order valence-electron chi connectivity index (χ2n) is 6.30. The van der Waals surface area contributed by atoms with Crippen molar-refractivity contribution in [1.29, 1.82) is 0 Å². The van der Waals surface area contributed by atoms with E-state index in [0.717, 1.165) is 46.7 Å². The van der Waals surface area contributed by atoms with E-state index >= 15 is 0 Å². The van der Waals surface area contributed by atoms with Crippen LogP contribution in [0.3, 0.4) is 0 Å². The molecule has 2 N–H and O–H groups in total. The van der Waals surface area contributed by atoms with Gasteiger partial charge in [0.25, 0.3) is 0 Å². The van der Waals surface area contributed by atoms with E-state index in [4.69, 9.17) is 14.5 Å². The van der Waals surface area contributed by atoms with Crippen LogP contribution in [0.1, 0.15) is 11.3 Å². The fourth-order valence-corrected chi connectivity index (χ4v) is 3.74. The number of thiazole rings is 1. The number of rotatable bonds is 6. The lowest BCUT2D eigenvalue weighted by atomic mass is 10.1. The van der Waals surface area contributed by atoms with Crippen LogP contribution in [0.4, 0.5) is 0 Å². The zero-order valence-electron chi connectivity index (χ0n) is 16.1. The third-order valence-electron chi connectivity index (χ3n) is 4.38. The van der Waals surface area contributed by atoms with Crippen LogP contribution in [0, 0.1) is 0 Å². The van der Waals surface area contributed by atoms with E-state index < -0.39 is 0 Å². The first-order valence-corrected chi connectivity index (χ1v) is 10.0. The molecule has 0 aliphatic carbocycles. The molecular weight excluding hydrogens is 499 g/mol. The third kappa shape index (κ3) is 5.60. The normalized spacial score (nSPS) is 12.4. The predicted molar refractivity (Wildman–Crippen MR) is 127 cm³/mol. The molecular formula is C21H23IN4O2S. The molecule has 0 amide bonds. The first kappa shape index (κ1) is 21.4. The van der Waals surface area contributed by atoms with Gasteiger partial charge in [-0.2, -0.15) is 0 Å². The molecule has 0 atom stereocenters. The molecule has 4 rings (SSSR count). The summed E-state index contributed by atoms with van der Waals surface area (Å²) >= 11 is 1.65. The SMILES string of the molecule is CN=C(NCCc1ccc2c(c1)OCO2)NCc1csc(-c2ccccc2)n1.I. The zero-order chi connectivity index (χ0) is 19.2. The predicted octanol–water partition coefficient (Wildman–Crippen LogP) is 4.06. The number of ether oxygens (including phenoxy) is 2. The first-order chi connectivity index (χ1) is 13.8. The number of hydrogen-bond acceptors (Lipinski definition) is 5. The van der Waals surface area contributed by atoms with Crippen LogP contribution in [-0.2, 0) is 13.0 Å². The minimum atomic E-state index is 0. The number of benzene rings is 2. The summed E-state index contributed by atoms with van der Waals surface area (Å²) in [6, 6.07) is 16.3. The van der Waals surface area contributed by atoms with Gasteiger partial charge in [0.1, 0.15) is 5.01 Å². The zero-order valence-corrected chi connectivity index (χ0v) is 19.2. The molecule has 29 heavy (non-hydrogen) atoms. The number of nitrogens with zero attached hydrogens (tertiary/aromatic N) is 2. The molecule has 152 valence electrons. The molecule has 3 aromatic rings. The van der Waals surface area contributed by atoms with Gasteiger partial charge in [0.05, 0.1) is 12.2 Å². The van der Waals surface area contributed by atoms with Crippen molar-refractivity contribution in [3.05, 3.63) is 65.2 Å². The van der Waals surface area contributed by atoms with Gasteiger partial charge in [0.15, 0.2) is 17.5 Å². The largest absolute Gasteiger partial charge is 0.454 e. The van der Waals surface area contributed by atoms with Crippen LogP contribution in [0.15, 0.2) is 58.9 Å². The second-order valence-corrected chi connectivity index (χ2v) is 7.16. The molecule has 0 bridgehead atoms. The molecule has 0 fully saturated rings. The lowest BCUT2D eigenvalue weighted by Crippen LogP contribution is -2.37. The number of aromatic nitrogens is 1. The number of aliphatic imine (C=N–C) groups is 1. The second kappa shape index (κ2) is 10.4. The van der Waals surface area contributed by atoms with Crippen LogP contribution in [0.2, 0.25) is 0 Å². The van der Waals surface area contributed by atoms with Gasteiger partial charge in [-0.05, 0) is 24.1 Å². The van der Waals surface area contributed by atoms with Crippen molar-refractivity contribution >= 4 is 41.3 Å². The van der Waals surface area contributed by atoms with Gasteiger partial charge >= 0.3 is 0 Å². The Bertz CT molecular complexity index is 962. The van der Waals surface area contributed by atoms with Crippen molar-refractivity contribution in [3.63, 3.8) is 0 Å². The Morgan fingerprint density at radius 1 is 1.10 bits per heavy atom. The molecule has 6 nitrogen and oxygen atoms in total. The Balaban J connectivity index is 0.00000240. The highest BCUT2D eigenvalue weighted by molar-refractivity contribution is 14.0. The van der Waals surface area contributed by atoms with E-state index in [2.05, 4.69) is 39.2 Å². The Morgan fingerprint density at radius 2 is 1.93 bits per heavy atom. The molecule has 1 aromatic heterocycles. The molecule has 1 aliphatic heterocycles. The quantitative estimate of drug-likeness (QED) is 0.291. The number of halogens is 1. The summed E-state index contributed by atoms with van der Waals surface area (Å²) < 4.78 is 10.8. The maximum atomic E-state index is 5.42. The molecule has 8 heteroatoms. The van der Waals surface area contributed by atoms with Gasteiger partial charge in [0.2, 0.25) is 6.79 Å². The van der Waals surface area contributed by atoms with Gasteiger partial charge in [-0.3, -0.25) is 4.99 Å². The van der Waals surface area contributed by atoms with E-state index in [9.17, 15) is 0 Å². The molecule has 0 unspecified atom stereocenters. The van der Waals surface area contributed by atoms with Crippen molar-refractivity contribution < 1.29 is 9.47 Å². The van der Waals surface area contributed by atoms with Crippen LogP contribution in [-0.4, -0.2) is 31.3 Å². The summed E-state index contributed by atoms with van der Waals surface area (Å²) in [7, 11) is 1.77. The highest BCUT2D eigenvalue weighted by atomic mass is 127. The van der Waals surface area contributed by atoms with Gasteiger partial charge in [-0.15, -0.1) is 35.3 Å². The fourth-order valence-electron chi connectivity index (χ4n) is 2.92. The maximum absolute atomic E-state index is 5.42. The highest BCUT2D eigenvalue weighted by Crippen LogP contribution is 2.32. The molecule has 0 saturated carbocycles. The van der Waals surface area contributed by atoms with E-state index in [1.54, 1.807) is 18.4 Å². The highest BCUT2D eigenvalue weighted by Gasteiger charge is 2.13. The molecule has 0 radical (unpaired) electrons. The van der Waals surface area contributed by atoms with Crippen molar-refractivity contribution in [3.8, 4) is 22.1 Å². The van der Waals surface area contributed by atoms with E-state index in [-0.39, 0.29) is 24.0 Å². The van der Waals surface area contributed by atoms with Gasteiger partial charge in [-0.25, -0.2) is 4.98 Å². The summed E-state index contributed by atoms with van der Waals surface area (Å²) in [6.45, 7) is 1.70. The lowest BCUT2D eigenvalue weighted by Gasteiger charge is -2.11. The smallest absolute Gasteiger partial charge is 0.231 e.